The van der Waals surface area contributed by atoms with Crippen molar-refractivity contribution in [1.29, 1.82) is 0 Å². The number of benzene rings is 1. The van der Waals surface area contributed by atoms with Crippen LogP contribution in [0.1, 0.15) is 6.92 Å². The molecule has 2 unspecified atom stereocenters. The van der Waals surface area contributed by atoms with Gasteiger partial charge in [0.2, 0.25) is 5.91 Å². The predicted octanol–water partition coefficient (Wildman–Crippen LogP) is 0.480. The summed E-state index contributed by atoms with van der Waals surface area (Å²) in [4.78, 5) is 23.1. The number of hydrogen-bond donors (Lipinski definition) is 1. The molecule has 0 bridgehead atoms. The van der Waals surface area contributed by atoms with Crippen LogP contribution in [0, 0.1) is 0 Å². The Hall–Kier alpha value is -1.89. The number of ether oxygens (including phenoxy) is 2. The summed E-state index contributed by atoms with van der Waals surface area (Å²) in [6, 6.07) is 5.85. The van der Waals surface area contributed by atoms with E-state index in [-0.39, 0.29) is 5.75 Å². The predicted molar refractivity (Wildman–Crippen MR) is 73.9 cm³/mol. The topological polar surface area (TPSA) is 81.7 Å². The Bertz CT molecular complexity index is 517. The first kappa shape index (κ1) is 16.2. The summed E-state index contributed by atoms with van der Waals surface area (Å²) < 4.78 is 22.0. The summed E-state index contributed by atoms with van der Waals surface area (Å²) in [6.07, 6.45) is 0. The molecule has 1 rings (SSSR count). The third-order valence-corrected chi connectivity index (χ3v) is 3.96. The number of carbonyl (C=O) groups excluding carboxylic acids is 2. The average Bonchev–Trinajstić information content (AvgIpc) is 2.45. The first-order chi connectivity index (χ1) is 9.49. The third kappa shape index (κ3) is 4.34. The van der Waals surface area contributed by atoms with Crippen molar-refractivity contribution in [3.63, 3.8) is 0 Å². The molecular weight excluding hydrogens is 282 g/mol. The minimum Gasteiger partial charge on any atom is -0.495 e. The van der Waals surface area contributed by atoms with E-state index in [1.165, 1.54) is 21.1 Å². The molecule has 1 amide bonds. The normalized spacial score (nSPS) is 13.2. The van der Waals surface area contributed by atoms with Gasteiger partial charge in [-0.15, -0.1) is 0 Å². The molecule has 1 aromatic rings. The van der Waals surface area contributed by atoms with Gasteiger partial charge in [0.15, 0.2) is 0 Å². The van der Waals surface area contributed by atoms with Gasteiger partial charge in [-0.2, -0.15) is 0 Å². The standard InChI is InChI=1S/C13H17NO5S/c1-9(15)14-10(13(16)19-3)8-20(17)12-7-5-4-6-11(12)18-2/h4-7,10H,8H2,1-3H3,(H,14,15). The van der Waals surface area contributed by atoms with E-state index in [9.17, 15) is 13.8 Å². The second kappa shape index (κ2) is 7.64. The van der Waals surface area contributed by atoms with Crippen LogP contribution in [-0.4, -0.2) is 42.1 Å². The monoisotopic (exact) mass is 299 g/mol. The van der Waals surface area contributed by atoms with Crippen molar-refractivity contribution in [1.82, 2.24) is 5.32 Å². The van der Waals surface area contributed by atoms with Gasteiger partial charge in [0.25, 0.3) is 0 Å². The summed E-state index contributed by atoms with van der Waals surface area (Å²) in [5.41, 5.74) is 0. The van der Waals surface area contributed by atoms with Gasteiger partial charge in [-0.1, -0.05) is 12.1 Å². The van der Waals surface area contributed by atoms with Gasteiger partial charge in [-0.05, 0) is 12.1 Å². The van der Waals surface area contributed by atoms with Crippen molar-refractivity contribution in [2.45, 2.75) is 17.9 Å². The fraction of sp³-hybridized carbons (Fsp3) is 0.385. The number of para-hydroxylation sites is 1. The highest BCUT2D eigenvalue weighted by Gasteiger charge is 2.24. The number of nitrogens with one attached hydrogen (secondary N) is 1. The molecule has 6 nitrogen and oxygen atoms in total. The van der Waals surface area contributed by atoms with Gasteiger partial charge in [0.05, 0.1) is 35.7 Å². The number of rotatable bonds is 6. The molecule has 2 atom stereocenters. The lowest BCUT2D eigenvalue weighted by molar-refractivity contribution is -0.144. The SMILES string of the molecule is COC(=O)C(CS(=O)c1ccccc1OC)NC(C)=O. The largest absolute Gasteiger partial charge is 0.495 e. The highest BCUT2D eigenvalue weighted by atomic mass is 32.2. The Morgan fingerprint density at radius 3 is 2.50 bits per heavy atom. The average molecular weight is 299 g/mol. The Morgan fingerprint density at radius 1 is 1.30 bits per heavy atom. The number of amides is 1. The summed E-state index contributed by atoms with van der Waals surface area (Å²) in [5.74, 6) is -0.634. The molecule has 7 heteroatoms. The van der Waals surface area contributed by atoms with E-state index in [0.29, 0.717) is 10.6 Å². The van der Waals surface area contributed by atoms with Crippen LogP contribution in [0.4, 0.5) is 0 Å². The van der Waals surface area contributed by atoms with Crippen LogP contribution in [0.25, 0.3) is 0 Å². The molecule has 0 saturated carbocycles. The van der Waals surface area contributed by atoms with Gasteiger partial charge < -0.3 is 14.8 Å². The van der Waals surface area contributed by atoms with Crippen molar-refractivity contribution in [2.75, 3.05) is 20.0 Å². The van der Waals surface area contributed by atoms with Gasteiger partial charge in [-0.3, -0.25) is 9.00 Å². The molecule has 0 saturated heterocycles. The van der Waals surface area contributed by atoms with E-state index < -0.39 is 28.7 Å². The van der Waals surface area contributed by atoms with Crippen molar-refractivity contribution in [3.8, 4) is 5.75 Å². The second-order valence-corrected chi connectivity index (χ2v) is 5.40. The zero-order valence-electron chi connectivity index (χ0n) is 11.5. The zero-order valence-corrected chi connectivity index (χ0v) is 12.4. The highest BCUT2D eigenvalue weighted by molar-refractivity contribution is 7.85. The number of carbonyl (C=O) groups is 2. The molecule has 0 aromatic heterocycles. The van der Waals surface area contributed by atoms with E-state index in [4.69, 9.17) is 4.74 Å². The lowest BCUT2D eigenvalue weighted by Gasteiger charge is -2.15. The molecule has 0 radical (unpaired) electrons. The van der Waals surface area contributed by atoms with Crippen molar-refractivity contribution in [3.05, 3.63) is 24.3 Å². The molecule has 0 heterocycles. The smallest absolute Gasteiger partial charge is 0.329 e. The minimum absolute atomic E-state index is 0.0768. The molecule has 0 aliphatic heterocycles. The number of esters is 1. The summed E-state index contributed by atoms with van der Waals surface area (Å²) in [6.45, 7) is 1.28. The molecule has 20 heavy (non-hydrogen) atoms. The van der Waals surface area contributed by atoms with Gasteiger partial charge >= 0.3 is 5.97 Å². The van der Waals surface area contributed by atoms with Gasteiger partial charge in [0.1, 0.15) is 11.8 Å². The van der Waals surface area contributed by atoms with Gasteiger partial charge in [0, 0.05) is 6.92 Å². The molecule has 0 aliphatic carbocycles. The van der Waals surface area contributed by atoms with Crippen LogP contribution >= 0.6 is 0 Å². The Morgan fingerprint density at radius 2 is 1.95 bits per heavy atom. The molecule has 0 aliphatic rings. The molecular formula is C13H17NO5S. The first-order valence-corrected chi connectivity index (χ1v) is 7.17. The van der Waals surface area contributed by atoms with E-state index in [1.54, 1.807) is 24.3 Å². The maximum absolute atomic E-state index is 12.3. The second-order valence-electron chi connectivity index (χ2n) is 3.94. The summed E-state index contributed by atoms with van der Waals surface area (Å²) in [5, 5.41) is 2.42. The van der Waals surface area contributed by atoms with Gasteiger partial charge in [-0.25, -0.2) is 4.79 Å². The van der Waals surface area contributed by atoms with Crippen molar-refractivity contribution < 1.29 is 23.3 Å². The van der Waals surface area contributed by atoms with E-state index in [2.05, 4.69) is 10.1 Å². The minimum atomic E-state index is -1.50. The fourth-order valence-corrected chi connectivity index (χ4v) is 2.91. The van der Waals surface area contributed by atoms with Crippen LogP contribution < -0.4 is 10.1 Å². The van der Waals surface area contributed by atoms with Crippen LogP contribution in [0.3, 0.4) is 0 Å². The van der Waals surface area contributed by atoms with E-state index >= 15 is 0 Å². The van der Waals surface area contributed by atoms with Crippen molar-refractivity contribution in [2.24, 2.45) is 0 Å². The zero-order chi connectivity index (χ0) is 15.1. The van der Waals surface area contributed by atoms with Crippen molar-refractivity contribution >= 4 is 22.7 Å². The van der Waals surface area contributed by atoms with E-state index in [1.807, 2.05) is 0 Å². The fourth-order valence-electron chi connectivity index (χ4n) is 1.60. The summed E-state index contributed by atoms with van der Waals surface area (Å²) >= 11 is 0. The quantitative estimate of drug-likeness (QED) is 0.773. The Balaban J connectivity index is 2.90. The maximum Gasteiger partial charge on any atom is 0.329 e. The Kier molecular flexibility index (Phi) is 6.17. The van der Waals surface area contributed by atoms with Crippen LogP contribution in [0.5, 0.6) is 5.75 Å². The Labute approximate surface area is 119 Å². The first-order valence-electron chi connectivity index (χ1n) is 5.86. The lowest BCUT2D eigenvalue weighted by Crippen LogP contribution is -2.44. The molecule has 1 aromatic carbocycles. The van der Waals surface area contributed by atoms with Crippen LogP contribution in [-0.2, 0) is 25.1 Å². The van der Waals surface area contributed by atoms with E-state index in [0.717, 1.165) is 0 Å². The third-order valence-electron chi connectivity index (χ3n) is 2.50. The molecule has 0 spiro atoms. The number of hydrogen-bond acceptors (Lipinski definition) is 5. The van der Waals surface area contributed by atoms with Crippen LogP contribution in [0.15, 0.2) is 29.2 Å². The maximum atomic E-state index is 12.3. The lowest BCUT2D eigenvalue weighted by atomic mass is 10.3. The van der Waals surface area contributed by atoms with Crippen LogP contribution in [0.2, 0.25) is 0 Å². The summed E-state index contributed by atoms with van der Waals surface area (Å²) in [7, 11) is 1.18. The molecule has 110 valence electrons. The highest BCUT2D eigenvalue weighted by Crippen LogP contribution is 2.21. The molecule has 1 N–H and O–H groups in total. The number of methoxy groups -OCH3 is 2. The molecule has 0 fully saturated rings.